The van der Waals surface area contributed by atoms with Crippen LogP contribution < -0.4 is 10.1 Å². The Kier molecular flexibility index (Phi) is 3.97. The van der Waals surface area contributed by atoms with Gasteiger partial charge in [-0.1, -0.05) is 12.1 Å². The summed E-state index contributed by atoms with van der Waals surface area (Å²) in [5, 5.41) is 3.52. The molecule has 0 unspecified atom stereocenters. The van der Waals surface area contributed by atoms with Gasteiger partial charge in [-0.2, -0.15) is 0 Å². The Morgan fingerprint density at radius 3 is 2.81 bits per heavy atom. The van der Waals surface area contributed by atoms with Crippen LogP contribution in [0.1, 0.15) is 41.7 Å². The first kappa shape index (κ1) is 14.1. The van der Waals surface area contributed by atoms with Gasteiger partial charge in [0, 0.05) is 6.04 Å². The van der Waals surface area contributed by atoms with Gasteiger partial charge in [-0.3, -0.25) is 0 Å². The summed E-state index contributed by atoms with van der Waals surface area (Å²) in [5.41, 5.74) is 2.35. The van der Waals surface area contributed by atoms with Crippen LogP contribution in [-0.4, -0.2) is 18.1 Å². The SMILES string of the molecule is COc1cccc(C2CC(NCc3nc(C)c(C)o3)C2)c1. The molecule has 1 aliphatic rings. The van der Waals surface area contributed by atoms with Crippen LogP contribution in [0, 0.1) is 13.8 Å². The smallest absolute Gasteiger partial charge is 0.208 e. The average Bonchev–Trinajstić information content (AvgIpc) is 2.76. The highest BCUT2D eigenvalue weighted by Gasteiger charge is 2.30. The Morgan fingerprint density at radius 1 is 1.33 bits per heavy atom. The molecule has 1 aliphatic carbocycles. The molecule has 112 valence electrons. The van der Waals surface area contributed by atoms with E-state index < -0.39 is 0 Å². The van der Waals surface area contributed by atoms with Crippen LogP contribution in [0.4, 0.5) is 0 Å². The molecule has 2 aromatic rings. The highest BCUT2D eigenvalue weighted by Crippen LogP contribution is 2.38. The number of ether oxygens (including phenoxy) is 1. The zero-order valence-electron chi connectivity index (χ0n) is 12.8. The molecule has 1 fully saturated rings. The molecule has 1 aromatic carbocycles. The van der Waals surface area contributed by atoms with Gasteiger partial charge in [0.2, 0.25) is 5.89 Å². The van der Waals surface area contributed by atoms with Gasteiger partial charge < -0.3 is 14.5 Å². The Balaban J connectivity index is 1.49. The molecule has 4 nitrogen and oxygen atoms in total. The number of nitrogens with one attached hydrogen (secondary N) is 1. The maximum absolute atomic E-state index is 5.58. The Morgan fingerprint density at radius 2 is 2.14 bits per heavy atom. The summed E-state index contributed by atoms with van der Waals surface area (Å²) < 4.78 is 10.9. The van der Waals surface area contributed by atoms with Crippen LogP contribution in [0.2, 0.25) is 0 Å². The molecule has 1 aromatic heterocycles. The van der Waals surface area contributed by atoms with Gasteiger partial charge in [0.1, 0.15) is 11.5 Å². The van der Waals surface area contributed by atoms with Gasteiger partial charge in [0.05, 0.1) is 19.3 Å². The van der Waals surface area contributed by atoms with Crippen molar-refractivity contribution in [1.29, 1.82) is 0 Å². The number of aromatic nitrogens is 1. The minimum absolute atomic E-state index is 0.550. The Hall–Kier alpha value is -1.81. The van der Waals surface area contributed by atoms with Gasteiger partial charge >= 0.3 is 0 Å². The lowest BCUT2D eigenvalue weighted by Gasteiger charge is -2.36. The van der Waals surface area contributed by atoms with Gasteiger partial charge in [0.25, 0.3) is 0 Å². The Bertz CT molecular complexity index is 596. The van der Waals surface area contributed by atoms with Crippen molar-refractivity contribution >= 4 is 0 Å². The molecule has 0 spiro atoms. The highest BCUT2D eigenvalue weighted by atomic mass is 16.5. The number of benzene rings is 1. The number of oxazole rings is 1. The summed E-state index contributed by atoms with van der Waals surface area (Å²) in [7, 11) is 1.71. The minimum atomic E-state index is 0.550. The van der Waals surface area contributed by atoms with Crippen LogP contribution in [0.15, 0.2) is 28.7 Å². The third-order valence-electron chi connectivity index (χ3n) is 4.32. The molecule has 1 heterocycles. The van der Waals surface area contributed by atoms with Gasteiger partial charge in [0.15, 0.2) is 0 Å². The Labute approximate surface area is 125 Å². The molecule has 4 heteroatoms. The van der Waals surface area contributed by atoms with E-state index in [0.29, 0.717) is 18.5 Å². The second-order valence-corrected chi connectivity index (χ2v) is 5.77. The fourth-order valence-corrected chi connectivity index (χ4v) is 2.80. The fourth-order valence-electron chi connectivity index (χ4n) is 2.80. The van der Waals surface area contributed by atoms with Crippen molar-refractivity contribution in [2.75, 3.05) is 7.11 Å². The monoisotopic (exact) mass is 286 g/mol. The first-order valence-corrected chi connectivity index (χ1v) is 7.46. The van der Waals surface area contributed by atoms with E-state index in [1.165, 1.54) is 5.56 Å². The van der Waals surface area contributed by atoms with Crippen molar-refractivity contribution in [3.63, 3.8) is 0 Å². The zero-order valence-corrected chi connectivity index (χ0v) is 12.8. The molecule has 1 N–H and O–H groups in total. The second-order valence-electron chi connectivity index (χ2n) is 5.77. The lowest BCUT2D eigenvalue weighted by atomic mass is 9.76. The molecular formula is C17H22N2O2. The minimum Gasteiger partial charge on any atom is -0.497 e. The van der Waals surface area contributed by atoms with E-state index in [1.54, 1.807) is 7.11 Å². The van der Waals surface area contributed by atoms with E-state index in [4.69, 9.17) is 9.15 Å². The molecular weight excluding hydrogens is 264 g/mol. The van der Waals surface area contributed by atoms with Crippen LogP contribution in [0.3, 0.4) is 0 Å². The molecule has 3 rings (SSSR count). The summed E-state index contributed by atoms with van der Waals surface area (Å²) in [6.45, 7) is 4.64. The van der Waals surface area contributed by atoms with Crippen LogP contribution in [-0.2, 0) is 6.54 Å². The summed E-state index contributed by atoms with van der Waals surface area (Å²) >= 11 is 0. The van der Waals surface area contributed by atoms with Crippen LogP contribution >= 0.6 is 0 Å². The molecule has 0 amide bonds. The van der Waals surface area contributed by atoms with E-state index in [2.05, 4.69) is 28.5 Å². The molecule has 0 saturated heterocycles. The maximum atomic E-state index is 5.58. The number of aryl methyl sites for hydroxylation is 2. The molecule has 0 bridgehead atoms. The summed E-state index contributed by atoms with van der Waals surface area (Å²) in [6, 6.07) is 8.93. The van der Waals surface area contributed by atoms with Crippen molar-refractivity contribution in [1.82, 2.24) is 10.3 Å². The van der Waals surface area contributed by atoms with E-state index in [1.807, 2.05) is 19.9 Å². The molecule has 0 atom stereocenters. The molecule has 0 aliphatic heterocycles. The number of nitrogens with zero attached hydrogens (tertiary/aromatic N) is 1. The lowest BCUT2D eigenvalue weighted by Crippen LogP contribution is -2.39. The van der Waals surface area contributed by atoms with Gasteiger partial charge in [-0.25, -0.2) is 4.98 Å². The first-order valence-electron chi connectivity index (χ1n) is 7.46. The van der Waals surface area contributed by atoms with E-state index in [0.717, 1.165) is 35.9 Å². The predicted octanol–water partition coefficient (Wildman–Crippen LogP) is 3.34. The van der Waals surface area contributed by atoms with Crippen molar-refractivity contribution in [3.8, 4) is 5.75 Å². The average molecular weight is 286 g/mol. The van der Waals surface area contributed by atoms with E-state index >= 15 is 0 Å². The largest absolute Gasteiger partial charge is 0.497 e. The summed E-state index contributed by atoms with van der Waals surface area (Å²) in [5.74, 6) is 3.27. The maximum Gasteiger partial charge on any atom is 0.208 e. The molecule has 0 radical (unpaired) electrons. The summed E-state index contributed by atoms with van der Waals surface area (Å²) in [4.78, 5) is 4.39. The number of hydrogen-bond acceptors (Lipinski definition) is 4. The number of methoxy groups -OCH3 is 1. The zero-order chi connectivity index (χ0) is 14.8. The number of rotatable bonds is 5. The number of hydrogen-bond donors (Lipinski definition) is 1. The second kappa shape index (κ2) is 5.90. The van der Waals surface area contributed by atoms with Crippen molar-refractivity contribution in [3.05, 3.63) is 47.2 Å². The standard InChI is InChI=1S/C17H22N2O2/c1-11-12(2)21-17(19-11)10-18-15-7-14(8-15)13-5-4-6-16(9-13)20-3/h4-6,9,14-15,18H,7-8,10H2,1-3H3. The van der Waals surface area contributed by atoms with Gasteiger partial charge in [-0.05, 0) is 50.3 Å². The molecule has 1 saturated carbocycles. The normalized spacial score (nSPS) is 21.1. The van der Waals surface area contributed by atoms with Crippen molar-refractivity contribution in [2.24, 2.45) is 0 Å². The fraction of sp³-hybridized carbons (Fsp3) is 0.471. The van der Waals surface area contributed by atoms with Crippen molar-refractivity contribution < 1.29 is 9.15 Å². The van der Waals surface area contributed by atoms with Crippen molar-refractivity contribution in [2.45, 2.75) is 45.2 Å². The summed E-state index contributed by atoms with van der Waals surface area (Å²) in [6.07, 6.45) is 2.32. The van der Waals surface area contributed by atoms with E-state index in [9.17, 15) is 0 Å². The third-order valence-corrected chi connectivity index (χ3v) is 4.32. The van der Waals surface area contributed by atoms with E-state index in [-0.39, 0.29) is 0 Å². The highest BCUT2D eigenvalue weighted by molar-refractivity contribution is 5.32. The predicted molar refractivity (Wildman–Crippen MR) is 81.6 cm³/mol. The quantitative estimate of drug-likeness (QED) is 0.916. The first-order chi connectivity index (χ1) is 10.2. The van der Waals surface area contributed by atoms with Crippen LogP contribution in [0.25, 0.3) is 0 Å². The lowest BCUT2D eigenvalue weighted by molar-refractivity contribution is 0.278. The topological polar surface area (TPSA) is 47.3 Å². The van der Waals surface area contributed by atoms with Gasteiger partial charge in [-0.15, -0.1) is 0 Å². The third kappa shape index (κ3) is 3.10. The van der Waals surface area contributed by atoms with Crippen LogP contribution in [0.5, 0.6) is 5.75 Å². The molecule has 21 heavy (non-hydrogen) atoms.